The van der Waals surface area contributed by atoms with Gasteiger partial charge in [0.2, 0.25) is 6.54 Å². The van der Waals surface area contributed by atoms with Crippen LogP contribution in [-0.2, 0) is 20.9 Å². The van der Waals surface area contributed by atoms with Gasteiger partial charge in [-0.25, -0.2) is 0 Å². The van der Waals surface area contributed by atoms with Gasteiger partial charge >= 0.3 is 5.97 Å². The van der Waals surface area contributed by atoms with E-state index in [4.69, 9.17) is 11.2 Å². The number of halogens is 1. The maximum Gasteiger partial charge on any atom is 0.316 e. The number of terminal acetylenes is 1. The maximum absolute atomic E-state index is 13.5. The molecule has 0 radical (unpaired) electrons. The third kappa shape index (κ3) is 5.15. The summed E-state index contributed by atoms with van der Waals surface area (Å²) in [6, 6.07) is 3.88. The number of aliphatic hydroxyl groups excluding tert-OH is 1. The third-order valence-electron chi connectivity index (χ3n) is 10.1. The summed E-state index contributed by atoms with van der Waals surface area (Å²) in [5, 5.41) is 11.6. The molecule has 4 rings (SSSR count). The minimum Gasteiger partial charge on any atom is -1.00 e. The molecule has 0 unspecified atom stereocenters. The Labute approximate surface area is 243 Å². The Balaban J connectivity index is 0.00000380. The number of carbonyl (C=O) groups is 2. The number of Topliss-reactive ketones (excluding diaryl/α,β-unsaturated/α-hetero) is 1. The Morgan fingerprint density at radius 1 is 1.32 bits per heavy atom. The molecule has 8 atom stereocenters. The van der Waals surface area contributed by atoms with Crippen molar-refractivity contribution in [2.75, 3.05) is 5.75 Å². The second-order valence-corrected chi connectivity index (χ2v) is 12.8. The van der Waals surface area contributed by atoms with E-state index >= 15 is 0 Å². The summed E-state index contributed by atoms with van der Waals surface area (Å²) in [6.07, 6.45) is 13.5. The van der Waals surface area contributed by atoms with E-state index in [0.717, 1.165) is 24.2 Å². The van der Waals surface area contributed by atoms with Gasteiger partial charge in [-0.1, -0.05) is 33.8 Å². The first-order valence-corrected chi connectivity index (χ1v) is 14.1. The van der Waals surface area contributed by atoms with Crippen molar-refractivity contribution in [2.24, 2.45) is 34.0 Å². The molecule has 3 fully saturated rings. The van der Waals surface area contributed by atoms with Gasteiger partial charge in [0.05, 0.1) is 11.9 Å². The van der Waals surface area contributed by atoms with Gasteiger partial charge in [-0.3, -0.25) is 9.59 Å². The van der Waals surface area contributed by atoms with Crippen molar-refractivity contribution in [3.05, 3.63) is 37.2 Å². The van der Waals surface area contributed by atoms with Crippen LogP contribution in [0.4, 0.5) is 0 Å². The lowest BCUT2D eigenvalue weighted by atomic mass is 9.44. The van der Waals surface area contributed by atoms with Crippen molar-refractivity contribution >= 4 is 23.5 Å². The molecule has 1 heterocycles. The van der Waals surface area contributed by atoms with E-state index < -0.39 is 23.0 Å². The van der Waals surface area contributed by atoms with Crippen molar-refractivity contribution in [3.63, 3.8) is 0 Å². The van der Waals surface area contributed by atoms with Gasteiger partial charge in [-0.15, -0.1) is 24.8 Å². The first-order chi connectivity index (χ1) is 17.0. The summed E-state index contributed by atoms with van der Waals surface area (Å²) in [5.41, 5.74) is -1.37. The molecule has 0 aliphatic heterocycles. The number of hydrogen-bond donors (Lipinski definition) is 1. The Kier molecular flexibility index (Phi) is 9.29. The summed E-state index contributed by atoms with van der Waals surface area (Å²) < 4.78 is 8.20. The molecular weight excluding hydrogens is 597 g/mol. The molecule has 0 saturated heterocycles. The third-order valence-corrected chi connectivity index (χ3v) is 11.1. The van der Waals surface area contributed by atoms with Gasteiger partial charge in [0, 0.05) is 40.2 Å². The van der Waals surface area contributed by atoms with Gasteiger partial charge in [0.25, 0.3) is 0 Å². The number of aromatic nitrogens is 1. The minimum absolute atomic E-state index is 0. The number of ether oxygens (including phenoxy) is 1. The summed E-state index contributed by atoms with van der Waals surface area (Å²) >= 11 is 1.43. The molecule has 0 aromatic carbocycles. The first-order valence-electron chi connectivity index (χ1n) is 13.1. The minimum atomic E-state index is -0.657. The molecule has 2 bridgehead atoms. The Bertz CT molecular complexity index is 1070. The highest BCUT2D eigenvalue weighted by molar-refractivity contribution is 8.00. The van der Waals surface area contributed by atoms with E-state index in [1.807, 2.05) is 42.1 Å². The second-order valence-electron chi connectivity index (χ2n) is 11.8. The van der Waals surface area contributed by atoms with Crippen LogP contribution in [0.1, 0.15) is 59.8 Å². The number of carbonyl (C=O) groups excluding carboxylic acids is 2. The van der Waals surface area contributed by atoms with E-state index in [1.165, 1.54) is 11.8 Å². The summed E-state index contributed by atoms with van der Waals surface area (Å²) in [4.78, 5) is 27.7. The van der Waals surface area contributed by atoms with Gasteiger partial charge < -0.3 is 33.8 Å². The van der Waals surface area contributed by atoms with Gasteiger partial charge in [-0.2, -0.15) is 4.57 Å². The number of ketones is 1. The molecular formula is C30H40INO4S. The van der Waals surface area contributed by atoms with Crippen LogP contribution in [0.3, 0.4) is 0 Å². The standard InChI is InChI=1S/C30H40NO4S.HI/c1-7-15-31-16-11-22(12-17-31)36-19-25(33)35-24-18-28(5,8-2)27(34)21(4)30-13-9-20(3)29(24,6)26(30)23(32)10-14-30;/h1,8,11-12,16-17,20-21,24,26-27,34H,2,9-10,13-15,18-19H2,3-6H3;1H/q+1;/p-1/t20-,21+,24-,26+,27+,28-,29+,30+;/m1./s1. The molecule has 202 valence electrons. The molecule has 7 heteroatoms. The predicted molar refractivity (Wildman–Crippen MR) is 141 cm³/mol. The molecule has 5 nitrogen and oxygen atoms in total. The predicted octanol–water partition coefficient (Wildman–Crippen LogP) is 1.61. The van der Waals surface area contributed by atoms with Crippen LogP contribution in [0.15, 0.2) is 42.1 Å². The Morgan fingerprint density at radius 2 is 2.00 bits per heavy atom. The number of thioether (sulfide) groups is 1. The van der Waals surface area contributed by atoms with Gasteiger partial charge in [0.1, 0.15) is 11.9 Å². The first kappa shape index (κ1) is 30.2. The lowest BCUT2D eigenvalue weighted by molar-refractivity contribution is -0.685. The molecule has 37 heavy (non-hydrogen) atoms. The van der Waals surface area contributed by atoms with Crippen LogP contribution >= 0.6 is 11.8 Å². The largest absolute Gasteiger partial charge is 1.00 e. The zero-order valence-electron chi connectivity index (χ0n) is 22.4. The molecule has 0 spiro atoms. The monoisotopic (exact) mass is 637 g/mol. The van der Waals surface area contributed by atoms with Crippen molar-refractivity contribution in [3.8, 4) is 12.3 Å². The normalized spacial score (nSPS) is 38.8. The van der Waals surface area contributed by atoms with Crippen molar-refractivity contribution in [1.82, 2.24) is 0 Å². The summed E-state index contributed by atoms with van der Waals surface area (Å²) in [7, 11) is 0. The molecule has 1 aromatic heterocycles. The van der Waals surface area contributed by atoms with Crippen molar-refractivity contribution in [1.29, 1.82) is 0 Å². The maximum atomic E-state index is 13.5. The van der Waals surface area contributed by atoms with Crippen LogP contribution in [-0.4, -0.2) is 34.8 Å². The van der Waals surface area contributed by atoms with E-state index in [9.17, 15) is 14.7 Å². The molecule has 1 aromatic rings. The molecule has 3 saturated carbocycles. The average molecular weight is 638 g/mol. The van der Waals surface area contributed by atoms with Crippen LogP contribution in [0.2, 0.25) is 0 Å². The molecule has 0 amide bonds. The number of hydrogen-bond acceptors (Lipinski definition) is 5. The fourth-order valence-corrected chi connectivity index (χ4v) is 8.25. The lowest BCUT2D eigenvalue weighted by Crippen LogP contribution is -3.00. The second kappa shape index (κ2) is 11.4. The molecule has 3 aliphatic rings. The van der Waals surface area contributed by atoms with Crippen LogP contribution in [0, 0.1) is 46.3 Å². The van der Waals surface area contributed by atoms with Crippen molar-refractivity contribution < 1.29 is 48.0 Å². The molecule has 1 N–H and O–H groups in total. The van der Waals surface area contributed by atoms with Crippen LogP contribution in [0.25, 0.3) is 0 Å². The highest BCUT2D eigenvalue weighted by atomic mass is 127. The van der Waals surface area contributed by atoms with Crippen LogP contribution < -0.4 is 28.5 Å². The summed E-state index contributed by atoms with van der Waals surface area (Å²) in [5.74, 6) is 2.73. The highest BCUT2D eigenvalue weighted by Crippen LogP contribution is 2.68. The number of nitrogens with zero attached hydrogens (tertiary/aromatic N) is 1. The van der Waals surface area contributed by atoms with Gasteiger partial charge in [-0.05, 0) is 48.9 Å². The number of rotatable bonds is 6. The quantitative estimate of drug-likeness (QED) is 0.128. The SMILES string of the molecule is C#CC[n+]1ccc(SCC(=O)O[C@@H]2C[C@@](C)(C=C)[C@@H](O)[C@H](C)[C@]34CCC(=O)[C@H]3[C@@]2(C)[C@H](C)CC4)cc1.[I-]. The fraction of sp³-hybridized carbons (Fsp3) is 0.633. The number of pyridine rings is 1. The van der Waals surface area contributed by atoms with Crippen LogP contribution in [0.5, 0.6) is 0 Å². The summed E-state index contributed by atoms with van der Waals surface area (Å²) in [6.45, 7) is 13.1. The van der Waals surface area contributed by atoms with Crippen molar-refractivity contribution in [2.45, 2.75) is 83.4 Å². The smallest absolute Gasteiger partial charge is 0.316 e. The van der Waals surface area contributed by atoms with E-state index in [-0.39, 0.29) is 64.7 Å². The topological polar surface area (TPSA) is 67.5 Å². The highest BCUT2D eigenvalue weighted by Gasteiger charge is 2.68. The zero-order chi connectivity index (χ0) is 26.3. The van der Waals surface area contributed by atoms with Gasteiger partial charge in [0.15, 0.2) is 12.4 Å². The van der Waals surface area contributed by atoms with E-state index in [2.05, 4.69) is 33.3 Å². The fourth-order valence-electron chi connectivity index (χ4n) is 7.59. The molecule has 3 aliphatic carbocycles. The number of esters is 1. The van der Waals surface area contributed by atoms with E-state index in [1.54, 1.807) is 0 Å². The Hall–Kier alpha value is -1.37. The average Bonchev–Trinajstić information content (AvgIpc) is 3.22. The number of aliphatic hydroxyl groups is 1. The lowest BCUT2D eigenvalue weighted by Gasteiger charge is -2.61. The van der Waals surface area contributed by atoms with E-state index in [0.29, 0.717) is 19.4 Å². The Morgan fingerprint density at radius 3 is 2.62 bits per heavy atom. The zero-order valence-corrected chi connectivity index (χ0v) is 25.4.